The Bertz CT molecular complexity index is 213. The summed E-state index contributed by atoms with van der Waals surface area (Å²) in [4.78, 5) is 2.69. The first-order chi connectivity index (χ1) is 7.47. The van der Waals surface area contributed by atoms with Gasteiger partial charge in [0.1, 0.15) is 0 Å². The maximum atomic E-state index is 3.56. The monoisotopic (exact) mass is 226 g/mol. The van der Waals surface area contributed by atoms with Crippen LogP contribution in [0.15, 0.2) is 0 Å². The average Bonchev–Trinajstić information content (AvgIpc) is 2.54. The number of hydrogen-bond acceptors (Lipinski definition) is 2. The van der Waals surface area contributed by atoms with Crippen LogP contribution < -0.4 is 5.32 Å². The van der Waals surface area contributed by atoms with Crippen LogP contribution >= 0.6 is 0 Å². The molecule has 96 valence electrons. The Kier molecular flexibility index (Phi) is 4.81. The van der Waals surface area contributed by atoms with Gasteiger partial charge in [-0.1, -0.05) is 27.7 Å². The van der Waals surface area contributed by atoms with Crippen LogP contribution in [0.1, 0.15) is 53.9 Å². The van der Waals surface area contributed by atoms with E-state index in [0.717, 1.165) is 6.04 Å². The van der Waals surface area contributed by atoms with Crippen molar-refractivity contribution in [1.82, 2.24) is 10.2 Å². The van der Waals surface area contributed by atoms with Gasteiger partial charge in [0.25, 0.3) is 0 Å². The van der Waals surface area contributed by atoms with Gasteiger partial charge in [-0.15, -0.1) is 0 Å². The summed E-state index contributed by atoms with van der Waals surface area (Å²) in [5.41, 5.74) is 0.445. The molecule has 1 rings (SSSR count). The zero-order valence-corrected chi connectivity index (χ0v) is 12.0. The molecule has 0 spiro atoms. The second-order valence-corrected chi connectivity index (χ2v) is 5.95. The van der Waals surface area contributed by atoms with Crippen molar-refractivity contribution >= 4 is 0 Å². The van der Waals surface area contributed by atoms with Crippen molar-refractivity contribution in [1.29, 1.82) is 0 Å². The Balaban J connectivity index is 2.78. The maximum absolute atomic E-state index is 3.56. The van der Waals surface area contributed by atoms with Crippen molar-refractivity contribution < 1.29 is 0 Å². The van der Waals surface area contributed by atoms with Crippen molar-refractivity contribution in [2.45, 2.75) is 72.0 Å². The summed E-state index contributed by atoms with van der Waals surface area (Å²) in [5, 5.41) is 3.56. The predicted octanol–water partition coefficient (Wildman–Crippen LogP) is 2.88. The SMILES string of the molecule is CCC(C)N(CC)C1CCC(C)(C)C1NC. The number of likely N-dealkylation sites (N-methyl/N-ethyl adjacent to an activating group) is 2. The molecule has 0 radical (unpaired) electrons. The third-order valence-electron chi connectivity index (χ3n) is 4.57. The zero-order valence-electron chi connectivity index (χ0n) is 12.0. The van der Waals surface area contributed by atoms with Crippen LogP contribution in [0.3, 0.4) is 0 Å². The molecule has 3 unspecified atom stereocenters. The molecule has 0 aromatic carbocycles. The van der Waals surface area contributed by atoms with E-state index in [-0.39, 0.29) is 0 Å². The van der Waals surface area contributed by atoms with E-state index in [4.69, 9.17) is 0 Å². The average molecular weight is 226 g/mol. The molecule has 0 heterocycles. The largest absolute Gasteiger partial charge is 0.315 e. The minimum absolute atomic E-state index is 0.445. The molecule has 0 bridgehead atoms. The van der Waals surface area contributed by atoms with Crippen LogP contribution in [0.5, 0.6) is 0 Å². The first-order valence-corrected chi connectivity index (χ1v) is 6.90. The quantitative estimate of drug-likeness (QED) is 0.775. The molecule has 1 N–H and O–H groups in total. The van der Waals surface area contributed by atoms with E-state index >= 15 is 0 Å². The Morgan fingerprint density at radius 3 is 2.44 bits per heavy atom. The summed E-state index contributed by atoms with van der Waals surface area (Å²) >= 11 is 0. The van der Waals surface area contributed by atoms with Gasteiger partial charge in [-0.2, -0.15) is 0 Å². The molecule has 1 saturated carbocycles. The lowest BCUT2D eigenvalue weighted by Gasteiger charge is -2.39. The van der Waals surface area contributed by atoms with Crippen LogP contribution in [0.25, 0.3) is 0 Å². The molecular weight excluding hydrogens is 196 g/mol. The van der Waals surface area contributed by atoms with E-state index in [9.17, 15) is 0 Å². The number of rotatable bonds is 5. The molecule has 1 fully saturated rings. The molecule has 0 aromatic rings. The Morgan fingerprint density at radius 2 is 2.00 bits per heavy atom. The van der Waals surface area contributed by atoms with Crippen LogP contribution in [0.2, 0.25) is 0 Å². The molecule has 0 aliphatic heterocycles. The molecule has 1 aliphatic rings. The second-order valence-electron chi connectivity index (χ2n) is 5.95. The van der Waals surface area contributed by atoms with Crippen LogP contribution in [-0.4, -0.2) is 36.6 Å². The standard InChI is InChI=1S/C14H30N2/c1-7-11(3)16(8-2)12-9-10-14(4,5)13(12)15-6/h11-13,15H,7-10H2,1-6H3. The smallest absolute Gasteiger partial charge is 0.0271 e. The molecule has 2 heteroatoms. The molecule has 0 saturated heterocycles. The molecule has 1 aliphatic carbocycles. The lowest BCUT2D eigenvalue weighted by atomic mass is 9.86. The lowest BCUT2D eigenvalue weighted by molar-refractivity contribution is 0.113. The molecule has 3 atom stereocenters. The van der Waals surface area contributed by atoms with Gasteiger partial charge in [0, 0.05) is 18.1 Å². The second kappa shape index (κ2) is 5.50. The van der Waals surface area contributed by atoms with E-state index in [2.05, 4.69) is 51.9 Å². The van der Waals surface area contributed by atoms with Gasteiger partial charge in [-0.05, 0) is 45.2 Å². The molecular formula is C14H30N2. The summed E-state index contributed by atoms with van der Waals surface area (Å²) in [7, 11) is 2.12. The fraction of sp³-hybridized carbons (Fsp3) is 1.00. The molecule has 16 heavy (non-hydrogen) atoms. The minimum atomic E-state index is 0.445. The summed E-state index contributed by atoms with van der Waals surface area (Å²) < 4.78 is 0. The van der Waals surface area contributed by atoms with Crippen molar-refractivity contribution in [3.05, 3.63) is 0 Å². The fourth-order valence-corrected chi connectivity index (χ4v) is 3.41. The number of hydrogen-bond donors (Lipinski definition) is 1. The van der Waals surface area contributed by atoms with Gasteiger partial charge in [0.05, 0.1) is 0 Å². The predicted molar refractivity (Wildman–Crippen MR) is 71.8 cm³/mol. The highest BCUT2D eigenvalue weighted by Crippen LogP contribution is 2.40. The Morgan fingerprint density at radius 1 is 1.38 bits per heavy atom. The van der Waals surface area contributed by atoms with Gasteiger partial charge in [-0.3, -0.25) is 4.90 Å². The normalized spacial score (nSPS) is 30.9. The van der Waals surface area contributed by atoms with Gasteiger partial charge in [0.15, 0.2) is 0 Å². The van der Waals surface area contributed by atoms with Crippen LogP contribution in [0, 0.1) is 5.41 Å². The van der Waals surface area contributed by atoms with E-state index in [1.165, 1.54) is 25.8 Å². The van der Waals surface area contributed by atoms with E-state index in [1.807, 2.05) is 0 Å². The number of nitrogens with one attached hydrogen (secondary N) is 1. The van der Waals surface area contributed by atoms with Crippen molar-refractivity contribution in [3.63, 3.8) is 0 Å². The van der Waals surface area contributed by atoms with Gasteiger partial charge >= 0.3 is 0 Å². The highest BCUT2D eigenvalue weighted by atomic mass is 15.2. The van der Waals surface area contributed by atoms with Crippen molar-refractivity contribution in [2.24, 2.45) is 5.41 Å². The fourth-order valence-electron chi connectivity index (χ4n) is 3.41. The molecule has 0 aromatic heterocycles. The van der Waals surface area contributed by atoms with Gasteiger partial charge < -0.3 is 5.32 Å². The Labute approximate surface area is 102 Å². The highest BCUT2D eigenvalue weighted by Gasteiger charge is 2.43. The van der Waals surface area contributed by atoms with E-state index in [0.29, 0.717) is 17.5 Å². The van der Waals surface area contributed by atoms with Crippen LogP contribution in [0.4, 0.5) is 0 Å². The summed E-state index contributed by atoms with van der Waals surface area (Å²) in [6.07, 6.45) is 3.94. The lowest BCUT2D eigenvalue weighted by Crippen LogP contribution is -2.53. The summed E-state index contributed by atoms with van der Waals surface area (Å²) in [5.74, 6) is 0. The van der Waals surface area contributed by atoms with E-state index < -0.39 is 0 Å². The van der Waals surface area contributed by atoms with Crippen molar-refractivity contribution in [3.8, 4) is 0 Å². The molecule has 0 amide bonds. The third kappa shape index (κ3) is 2.60. The highest BCUT2D eigenvalue weighted by molar-refractivity contribution is 5.01. The van der Waals surface area contributed by atoms with Gasteiger partial charge in [-0.25, -0.2) is 0 Å². The molecule has 2 nitrogen and oxygen atoms in total. The van der Waals surface area contributed by atoms with Gasteiger partial charge in [0.2, 0.25) is 0 Å². The van der Waals surface area contributed by atoms with Crippen molar-refractivity contribution in [2.75, 3.05) is 13.6 Å². The first kappa shape index (κ1) is 14.0. The third-order valence-corrected chi connectivity index (χ3v) is 4.57. The summed E-state index contributed by atoms with van der Waals surface area (Å²) in [6.45, 7) is 12.9. The topological polar surface area (TPSA) is 15.3 Å². The Hall–Kier alpha value is -0.0800. The summed E-state index contributed by atoms with van der Waals surface area (Å²) in [6, 6.07) is 2.07. The van der Waals surface area contributed by atoms with E-state index in [1.54, 1.807) is 0 Å². The minimum Gasteiger partial charge on any atom is -0.315 e. The zero-order chi connectivity index (χ0) is 12.3. The number of nitrogens with zero attached hydrogens (tertiary/aromatic N) is 1. The first-order valence-electron chi connectivity index (χ1n) is 6.90. The van der Waals surface area contributed by atoms with Crippen LogP contribution in [-0.2, 0) is 0 Å². The maximum Gasteiger partial charge on any atom is 0.0271 e.